The Morgan fingerprint density at radius 3 is 2.71 bits per heavy atom. The number of hydrogen-bond donors (Lipinski definition) is 0. The molecule has 4 rings (SSSR count). The van der Waals surface area contributed by atoms with Crippen molar-refractivity contribution in [1.29, 1.82) is 0 Å². The van der Waals surface area contributed by atoms with Gasteiger partial charge in [0.25, 0.3) is 0 Å². The summed E-state index contributed by atoms with van der Waals surface area (Å²) in [4.78, 5) is 19.2. The van der Waals surface area contributed by atoms with Crippen LogP contribution in [0, 0.1) is 11.8 Å². The fourth-order valence-corrected chi connectivity index (χ4v) is 3.91. The lowest BCUT2D eigenvalue weighted by Gasteiger charge is -2.32. The number of amides is 1. The average Bonchev–Trinajstić information content (AvgIpc) is 3.11. The molecular weight excluding hydrogens is 302 g/mol. The van der Waals surface area contributed by atoms with Crippen molar-refractivity contribution < 1.29 is 4.79 Å². The molecule has 0 radical (unpaired) electrons. The van der Waals surface area contributed by atoms with Crippen molar-refractivity contribution in [3.8, 4) is 0 Å². The van der Waals surface area contributed by atoms with Crippen LogP contribution in [0.3, 0.4) is 0 Å². The molecule has 24 heavy (non-hydrogen) atoms. The molecule has 0 unspecified atom stereocenters. The maximum absolute atomic E-state index is 12.7. The van der Waals surface area contributed by atoms with E-state index in [1.807, 2.05) is 43.6 Å². The van der Waals surface area contributed by atoms with Crippen LogP contribution in [-0.2, 0) is 25.3 Å². The highest BCUT2D eigenvalue weighted by Crippen LogP contribution is 2.48. The molecule has 1 saturated carbocycles. The molecular formula is C18H25N5O. The lowest BCUT2D eigenvalue weighted by atomic mass is 9.93. The van der Waals surface area contributed by atoms with Crippen LogP contribution in [0.5, 0.6) is 0 Å². The van der Waals surface area contributed by atoms with Gasteiger partial charge in [-0.25, -0.2) is 4.98 Å². The van der Waals surface area contributed by atoms with E-state index in [-0.39, 0.29) is 5.92 Å². The van der Waals surface area contributed by atoms with E-state index in [0.29, 0.717) is 17.7 Å². The zero-order valence-electron chi connectivity index (χ0n) is 14.4. The van der Waals surface area contributed by atoms with E-state index in [2.05, 4.69) is 19.5 Å². The summed E-state index contributed by atoms with van der Waals surface area (Å²) in [5, 5.41) is 4.22. The normalized spacial score (nSPS) is 24.3. The van der Waals surface area contributed by atoms with Gasteiger partial charge in [0.2, 0.25) is 5.91 Å². The van der Waals surface area contributed by atoms with E-state index in [9.17, 15) is 4.79 Å². The van der Waals surface area contributed by atoms with E-state index in [1.54, 1.807) is 0 Å². The van der Waals surface area contributed by atoms with Gasteiger partial charge in [0.05, 0.1) is 6.20 Å². The molecule has 2 atom stereocenters. The second kappa shape index (κ2) is 6.07. The number of likely N-dealkylation sites (tertiary alicyclic amines) is 1. The van der Waals surface area contributed by atoms with Crippen LogP contribution in [0.4, 0.5) is 0 Å². The first kappa shape index (κ1) is 15.4. The van der Waals surface area contributed by atoms with Crippen molar-refractivity contribution in [3.05, 3.63) is 36.2 Å². The minimum Gasteiger partial charge on any atom is -0.342 e. The van der Waals surface area contributed by atoms with Crippen LogP contribution in [-0.4, -0.2) is 43.2 Å². The number of piperidine rings is 1. The van der Waals surface area contributed by atoms with Crippen molar-refractivity contribution in [1.82, 2.24) is 24.2 Å². The summed E-state index contributed by atoms with van der Waals surface area (Å²) in [7, 11) is 3.97. The minimum atomic E-state index is 0.181. The molecule has 0 N–H and O–H groups in total. The van der Waals surface area contributed by atoms with Gasteiger partial charge in [-0.15, -0.1) is 0 Å². The maximum Gasteiger partial charge on any atom is 0.226 e. The van der Waals surface area contributed by atoms with Crippen molar-refractivity contribution in [2.75, 3.05) is 13.1 Å². The van der Waals surface area contributed by atoms with E-state index in [4.69, 9.17) is 0 Å². The molecule has 2 aliphatic rings. The molecule has 2 aromatic rings. The van der Waals surface area contributed by atoms with Gasteiger partial charge >= 0.3 is 0 Å². The predicted molar refractivity (Wildman–Crippen MR) is 90.3 cm³/mol. The number of carbonyl (C=O) groups excluding carboxylic acids is 1. The van der Waals surface area contributed by atoms with Crippen molar-refractivity contribution in [2.45, 2.75) is 31.6 Å². The van der Waals surface area contributed by atoms with Crippen LogP contribution in [0.25, 0.3) is 0 Å². The maximum atomic E-state index is 12.7. The van der Waals surface area contributed by atoms with Crippen LogP contribution < -0.4 is 0 Å². The molecule has 6 heteroatoms. The van der Waals surface area contributed by atoms with E-state index in [0.717, 1.165) is 44.6 Å². The highest BCUT2D eigenvalue weighted by molar-refractivity contribution is 5.83. The highest BCUT2D eigenvalue weighted by Gasteiger charge is 2.46. The molecule has 2 fully saturated rings. The van der Waals surface area contributed by atoms with Gasteiger partial charge in [-0.3, -0.25) is 9.48 Å². The minimum absolute atomic E-state index is 0.181. The molecule has 0 spiro atoms. The van der Waals surface area contributed by atoms with Crippen molar-refractivity contribution >= 4 is 5.91 Å². The first-order valence-electron chi connectivity index (χ1n) is 8.85. The van der Waals surface area contributed by atoms with Crippen molar-refractivity contribution in [2.24, 2.45) is 25.9 Å². The van der Waals surface area contributed by atoms with Crippen LogP contribution in [0.1, 0.15) is 36.6 Å². The number of nitrogens with zero attached hydrogens (tertiary/aromatic N) is 5. The summed E-state index contributed by atoms with van der Waals surface area (Å²) in [6.45, 7) is 1.79. The van der Waals surface area contributed by atoms with Crippen LogP contribution >= 0.6 is 0 Å². The molecule has 1 amide bonds. The Kier molecular flexibility index (Phi) is 3.90. The second-order valence-corrected chi connectivity index (χ2v) is 7.32. The van der Waals surface area contributed by atoms with Gasteiger partial charge < -0.3 is 9.47 Å². The first-order chi connectivity index (χ1) is 11.6. The number of aryl methyl sites for hydroxylation is 2. The quantitative estimate of drug-likeness (QED) is 0.859. The van der Waals surface area contributed by atoms with E-state index in [1.165, 1.54) is 5.56 Å². The molecule has 6 nitrogen and oxygen atoms in total. The van der Waals surface area contributed by atoms with Crippen LogP contribution in [0.2, 0.25) is 0 Å². The van der Waals surface area contributed by atoms with Gasteiger partial charge in [0.1, 0.15) is 5.82 Å². The van der Waals surface area contributed by atoms with Gasteiger partial charge in [0.15, 0.2) is 0 Å². The highest BCUT2D eigenvalue weighted by atomic mass is 16.2. The SMILES string of the molecule is Cn1cc([C@@H]2C[C@H]2C(=O)N2CCC(Cc3nccn3C)CC2)cn1. The first-order valence-corrected chi connectivity index (χ1v) is 8.85. The molecule has 1 aliphatic heterocycles. The summed E-state index contributed by atoms with van der Waals surface area (Å²) in [6, 6.07) is 0. The topological polar surface area (TPSA) is 56.0 Å². The summed E-state index contributed by atoms with van der Waals surface area (Å²) < 4.78 is 3.92. The second-order valence-electron chi connectivity index (χ2n) is 7.32. The molecule has 0 aromatic carbocycles. The number of hydrogen-bond acceptors (Lipinski definition) is 3. The van der Waals surface area contributed by atoms with Gasteiger partial charge in [0, 0.05) is 58.1 Å². The predicted octanol–water partition coefficient (Wildman–Crippen LogP) is 1.74. The zero-order chi connectivity index (χ0) is 16.7. The molecule has 128 valence electrons. The molecule has 1 saturated heterocycles. The fourth-order valence-electron chi connectivity index (χ4n) is 3.91. The third-order valence-electron chi connectivity index (χ3n) is 5.58. The summed E-state index contributed by atoms with van der Waals surface area (Å²) in [5.41, 5.74) is 1.21. The van der Waals surface area contributed by atoms with Crippen molar-refractivity contribution in [3.63, 3.8) is 0 Å². The molecule has 0 bridgehead atoms. The molecule has 3 heterocycles. The molecule has 1 aliphatic carbocycles. The largest absolute Gasteiger partial charge is 0.342 e. The number of imidazole rings is 1. The molecule has 2 aromatic heterocycles. The smallest absolute Gasteiger partial charge is 0.226 e. The Hall–Kier alpha value is -2.11. The average molecular weight is 327 g/mol. The monoisotopic (exact) mass is 327 g/mol. The lowest BCUT2D eigenvalue weighted by molar-refractivity contribution is -0.134. The Bertz CT molecular complexity index is 725. The third kappa shape index (κ3) is 2.97. The summed E-state index contributed by atoms with van der Waals surface area (Å²) in [5.74, 6) is 2.71. The zero-order valence-corrected chi connectivity index (χ0v) is 14.4. The van der Waals surface area contributed by atoms with E-state index >= 15 is 0 Å². The Labute approximate surface area is 142 Å². The van der Waals surface area contributed by atoms with E-state index < -0.39 is 0 Å². The standard InChI is InChI=1S/C18H25N5O/c1-21-8-5-19-17(21)9-13-3-6-23(7-4-13)18(24)16-10-15(16)14-11-20-22(2)12-14/h5,8,11-13,15-16H,3-4,6-7,9-10H2,1-2H3/t15-,16+/m0/s1. The van der Waals surface area contributed by atoms with Gasteiger partial charge in [-0.05, 0) is 36.7 Å². The third-order valence-corrected chi connectivity index (χ3v) is 5.58. The van der Waals surface area contributed by atoms with Crippen LogP contribution in [0.15, 0.2) is 24.8 Å². The summed E-state index contributed by atoms with van der Waals surface area (Å²) >= 11 is 0. The van der Waals surface area contributed by atoms with Gasteiger partial charge in [-0.1, -0.05) is 0 Å². The Morgan fingerprint density at radius 1 is 1.29 bits per heavy atom. The van der Waals surface area contributed by atoms with Gasteiger partial charge in [-0.2, -0.15) is 5.10 Å². The summed E-state index contributed by atoms with van der Waals surface area (Å²) in [6.07, 6.45) is 12.0. The number of carbonyl (C=O) groups is 1. The lowest BCUT2D eigenvalue weighted by Crippen LogP contribution is -2.40. The number of aromatic nitrogens is 4. The fraction of sp³-hybridized carbons (Fsp3) is 0.611. The Balaban J connectivity index is 1.28. The number of rotatable bonds is 4. The Morgan fingerprint density at radius 2 is 2.08 bits per heavy atom.